The second kappa shape index (κ2) is 8.37. The van der Waals surface area contributed by atoms with Gasteiger partial charge in [-0.3, -0.25) is 4.79 Å². The van der Waals surface area contributed by atoms with Crippen molar-refractivity contribution < 1.29 is 18.0 Å². The number of rotatable bonds is 5. The molecule has 1 unspecified atom stereocenters. The molecular weight excluding hydrogens is 397 g/mol. The van der Waals surface area contributed by atoms with Crippen molar-refractivity contribution in [2.75, 3.05) is 6.54 Å². The van der Waals surface area contributed by atoms with Crippen molar-refractivity contribution in [2.24, 2.45) is 0 Å². The number of nitrogens with one attached hydrogen (secondary N) is 1. The molecule has 1 heterocycles. The lowest BCUT2D eigenvalue weighted by molar-refractivity contribution is -0.137. The Labute approximate surface area is 173 Å². The van der Waals surface area contributed by atoms with E-state index in [9.17, 15) is 18.0 Å². The Morgan fingerprint density at radius 3 is 2.28 bits per heavy atom. The van der Waals surface area contributed by atoms with Crippen LogP contribution in [0.3, 0.4) is 0 Å². The number of ketones is 1. The molecule has 1 aliphatic heterocycles. The number of benzene rings is 2. The quantitative estimate of drug-likeness (QED) is 0.513. The number of Topliss-reactive ketones (excluding diaryl/α,β-unsaturated/α-hetero) is 1. The highest BCUT2D eigenvalue weighted by molar-refractivity contribution is 7.80. The standard InChI is InChI=1S/C22H21F3N2OS/c1-3-13-27-14(2)18(20(28)16-7-5-4-6-8-16)19(26-21(27)29)15-9-11-17(12-10-15)22(23,24)25/h4-12,19H,3,13H2,1-2H3,(H,26,29). The third kappa shape index (κ3) is 4.34. The molecule has 2 aromatic carbocycles. The summed E-state index contributed by atoms with van der Waals surface area (Å²) in [5.74, 6) is -0.177. The van der Waals surface area contributed by atoms with Gasteiger partial charge in [-0.1, -0.05) is 49.4 Å². The summed E-state index contributed by atoms with van der Waals surface area (Å²) in [6, 6.07) is 13.0. The zero-order valence-corrected chi connectivity index (χ0v) is 16.9. The van der Waals surface area contributed by atoms with Crippen molar-refractivity contribution in [3.05, 3.63) is 82.6 Å². The van der Waals surface area contributed by atoms with E-state index in [1.54, 1.807) is 24.3 Å². The lowest BCUT2D eigenvalue weighted by Crippen LogP contribution is -2.47. The van der Waals surface area contributed by atoms with Gasteiger partial charge in [0.25, 0.3) is 0 Å². The van der Waals surface area contributed by atoms with Crippen LogP contribution in [0.15, 0.2) is 65.9 Å². The van der Waals surface area contributed by atoms with E-state index in [2.05, 4.69) is 5.32 Å². The summed E-state index contributed by atoms with van der Waals surface area (Å²) in [7, 11) is 0. The van der Waals surface area contributed by atoms with E-state index in [0.717, 1.165) is 18.6 Å². The maximum Gasteiger partial charge on any atom is 0.416 e. The van der Waals surface area contributed by atoms with Gasteiger partial charge in [0.05, 0.1) is 11.6 Å². The van der Waals surface area contributed by atoms with E-state index < -0.39 is 17.8 Å². The molecule has 0 amide bonds. The predicted molar refractivity (Wildman–Crippen MR) is 110 cm³/mol. The average molecular weight is 418 g/mol. The molecule has 0 spiro atoms. The van der Waals surface area contributed by atoms with E-state index in [4.69, 9.17) is 12.2 Å². The number of allylic oxidation sites excluding steroid dienone is 1. The molecule has 0 saturated carbocycles. The number of alkyl halides is 3. The minimum Gasteiger partial charge on any atom is -0.351 e. The Morgan fingerprint density at radius 1 is 1.10 bits per heavy atom. The van der Waals surface area contributed by atoms with E-state index in [-0.39, 0.29) is 5.78 Å². The number of hydrogen-bond donors (Lipinski definition) is 1. The van der Waals surface area contributed by atoms with Crippen LogP contribution in [0.5, 0.6) is 0 Å². The summed E-state index contributed by atoms with van der Waals surface area (Å²) in [5.41, 5.74) is 1.54. The number of hydrogen-bond acceptors (Lipinski definition) is 2. The van der Waals surface area contributed by atoms with E-state index >= 15 is 0 Å². The fourth-order valence-corrected chi connectivity index (χ4v) is 3.77. The first-order valence-corrected chi connectivity index (χ1v) is 9.70. The number of halogens is 3. The molecular formula is C22H21F3N2OS. The van der Waals surface area contributed by atoms with Crippen LogP contribution < -0.4 is 5.32 Å². The topological polar surface area (TPSA) is 32.3 Å². The Bertz CT molecular complexity index is 937. The Balaban J connectivity index is 2.08. The first-order chi connectivity index (χ1) is 13.7. The van der Waals surface area contributed by atoms with Crippen LogP contribution in [-0.4, -0.2) is 22.3 Å². The Morgan fingerprint density at radius 2 is 1.72 bits per heavy atom. The molecule has 152 valence electrons. The molecule has 0 saturated heterocycles. The second-order valence-electron chi connectivity index (χ2n) is 6.85. The molecule has 0 aliphatic carbocycles. The summed E-state index contributed by atoms with van der Waals surface area (Å²) in [6.45, 7) is 4.48. The summed E-state index contributed by atoms with van der Waals surface area (Å²) >= 11 is 5.48. The molecule has 0 fully saturated rings. The van der Waals surface area contributed by atoms with Crippen LogP contribution in [0, 0.1) is 0 Å². The third-order valence-electron chi connectivity index (χ3n) is 4.90. The van der Waals surface area contributed by atoms with E-state index in [1.165, 1.54) is 12.1 Å². The van der Waals surface area contributed by atoms with Gasteiger partial charge < -0.3 is 10.2 Å². The first kappa shape index (κ1) is 21.0. The lowest BCUT2D eigenvalue weighted by Gasteiger charge is -2.38. The normalized spacial score (nSPS) is 17.3. The maximum atomic E-state index is 13.3. The molecule has 0 aromatic heterocycles. The smallest absolute Gasteiger partial charge is 0.351 e. The van der Waals surface area contributed by atoms with Crippen molar-refractivity contribution >= 4 is 23.1 Å². The van der Waals surface area contributed by atoms with Gasteiger partial charge in [0.2, 0.25) is 0 Å². The number of thiocarbonyl (C=S) groups is 1. The molecule has 1 aliphatic rings. The zero-order valence-electron chi connectivity index (χ0n) is 16.1. The maximum absolute atomic E-state index is 13.3. The highest BCUT2D eigenvalue weighted by atomic mass is 32.1. The van der Waals surface area contributed by atoms with Crippen LogP contribution in [0.25, 0.3) is 0 Å². The third-order valence-corrected chi connectivity index (χ3v) is 5.23. The lowest BCUT2D eigenvalue weighted by atomic mass is 9.89. The number of carbonyl (C=O) groups excluding carboxylic acids is 1. The molecule has 1 N–H and O–H groups in total. The van der Waals surface area contributed by atoms with Crippen molar-refractivity contribution in [1.82, 2.24) is 10.2 Å². The SMILES string of the molecule is CCCN1C(=S)NC(c2ccc(C(F)(F)F)cc2)C(C(=O)c2ccccc2)=C1C. The van der Waals surface area contributed by atoms with Crippen LogP contribution in [0.2, 0.25) is 0 Å². The highest BCUT2D eigenvalue weighted by Crippen LogP contribution is 2.35. The van der Waals surface area contributed by atoms with Gasteiger partial charge in [0, 0.05) is 23.4 Å². The van der Waals surface area contributed by atoms with Crippen molar-refractivity contribution in [3.8, 4) is 0 Å². The van der Waals surface area contributed by atoms with E-state index in [0.29, 0.717) is 34.1 Å². The van der Waals surface area contributed by atoms with Crippen LogP contribution in [0.1, 0.15) is 47.8 Å². The molecule has 0 radical (unpaired) electrons. The second-order valence-corrected chi connectivity index (χ2v) is 7.23. The molecule has 0 bridgehead atoms. The van der Waals surface area contributed by atoms with Gasteiger partial charge in [0.15, 0.2) is 10.9 Å². The van der Waals surface area contributed by atoms with Crippen LogP contribution in [0.4, 0.5) is 13.2 Å². The average Bonchev–Trinajstić information content (AvgIpc) is 2.70. The largest absolute Gasteiger partial charge is 0.416 e. The van der Waals surface area contributed by atoms with Gasteiger partial charge >= 0.3 is 6.18 Å². The molecule has 7 heteroatoms. The van der Waals surface area contributed by atoms with Gasteiger partial charge in [-0.15, -0.1) is 0 Å². The van der Waals surface area contributed by atoms with Gasteiger partial charge in [-0.2, -0.15) is 13.2 Å². The van der Waals surface area contributed by atoms with Crippen LogP contribution >= 0.6 is 12.2 Å². The zero-order chi connectivity index (χ0) is 21.2. The fraction of sp³-hybridized carbons (Fsp3) is 0.273. The van der Waals surface area contributed by atoms with Gasteiger partial charge in [-0.05, 0) is 43.3 Å². The minimum absolute atomic E-state index is 0.177. The van der Waals surface area contributed by atoms with Crippen molar-refractivity contribution in [1.29, 1.82) is 0 Å². The molecule has 1 atom stereocenters. The van der Waals surface area contributed by atoms with Crippen molar-refractivity contribution in [2.45, 2.75) is 32.5 Å². The Kier molecular flexibility index (Phi) is 6.07. The van der Waals surface area contributed by atoms with Crippen LogP contribution in [-0.2, 0) is 6.18 Å². The van der Waals surface area contributed by atoms with Crippen molar-refractivity contribution in [3.63, 3.8) is 0 Å². The number of carbonyl (C=O) groups is 1. The predicted octanol–water partition coefficient (Wildman–Crippen LogP) is 5.50. The minimum atomic E-state index is -4.42. The monoisotopic (exact) mass is 418 g/mol. The van der Waals surface area contributed by atoms with E-state index in [1.807, 2.05) is 24.8 Å². The molecule has 3 nitrogen and oxygen atoms in total. The molecule has 3 rings (SSSR count). The van der Waals surface area contributed by atoms with Gasteiger partial charge in [0.1, 0.15) is 0 Å². The van der Waals surface area contributed by atoms with Gasteiger partial charge in [-0.25, -0.2) is 0 Å². The molecule has 2 aromatic rings. The first-order valence-electron chi connectivity index (χ1n) is 9.29. The number of nitrogens with zero attached hydrogens (tertiary/aromatic N) is 1. The highest BCUT2D eigenvalue weighted by Gasteiger charge is 2.35. The Hall–Kier alpha value is -2.67. The molecule has 29 heavy (non-hydrogen) atoms. The summed E-state index contributed by atoms with van der Waals surface area (Å²) in [6.07, 6.45) is -3.59. The fourth-order valence-electron chi connectivity index (χ4n) is 3.43. The summed E-state index contributed by atoms with van der Waals surface area (Å²) < 4.78 is 38.8. The summed E-state index contributed by atoms with van der Waals surface area (Å²) in [5, 5.41) is 3.61. The summed E-state index contributed by atoms with van der Waals surface area (Å²) in [4.78, 5) is 15.2.